The summed E-state index contributed by atoms with van der Waals surface area (Å²) >= 11 is 0. The van der Waals surface area contributed by atoms with Gasteiger partial charge in [0.2, 0.25) is 0 Å². The zero-order valence-corrected chi connectivity index (χ0v) is 9.67. The second-order valence-corrected chi connectivity index (χ2v) is 4.46. The summed E-state index contributed by atoms with van der Waals surface area (Å²) in [5, 5.41) is 22.8. The lowest BCUT2D eigenvalue weighted by molar-refractivity contribution is 0.150. The van der Waals surface area contributed by atoms with Crippen molar-refractivity contribution in [3.63, 3.8) is 0 Å². The summed E-state index contributed by atoms with van der Waals surface area (Å²) in [5.74, 6) is 0. The number of aryl methyl sites for hydroxylation is 1. The molecule has 2 atom stereocenters. The summed E-state index contributed by atoms with van der Waals surface area (Å²) in [6.07, 6.45) is 3.75. The van der Waals surface area contributed by atoms with Crippen LogP contribution in [0.5, 0.6) is 0 Å². The summed E-state index contributed by atoms with van der Waals surface area (Å²) in [5.41, 5.74) is 0.978. The molecule has 0 amide bonds. The molecule has 0 aromatic carbocycles. The van der Waals surface area contributed by atoms with Gasteiger partial charge in [-0.25, -0.2) is 4.39 Å². The lowest BCUT2D eigenvalue weighted by atomic mass is 10.2. The highest BCUT2D eigenvalue weighted by molar-refractivity contribution is 5.05. The molecule has 1 fully saturated rings. The fourth-order valence-corrected chi connectivity index (χ4v) is 2.27. The zero-order chi connectivity index (χ0) is 12.3. The topological polar surface area (TPSA) is 61.5 Å². The molecule has 0 bridgehead atoms. The summed E-state index contributed by atoms with van der Waals surface area (Å²) in [4.78, 5) is 2.03. The predicted molar refractivity (Wildman–Crippen MR) is 60.1 cm³/mol. The molecule has 2 rings (SSSR count). The SMILES string of the molecule is OC[C@@H]1C[C@@H](O)CN1Cc1cnn(CCF)c1. The van der Waals surface area contributed by atoms with E-state index in [2.05, 4.69) is 5.10 Å². The van der Waals surface area contributed by atoms with Gasteiger partial charge in [-0.2, -0.15) is 5.10 Å². The third kappa shape index (κ3) is 3.02. The molecule has 1 aromatic heterocycles. The van der Waals surface area contributed by atoms with Crippen molar-refractivity contribution in [3.05, 3.63) is 18.0 Å². The highest BCUT2D eigenvalue weighted by atomic mass is 19.1. The molecule has 17 heavy (non-hydrogen) atoms. The van der Waals surface area contributed by atoms with Gasteiger partial charge in [0.1, 0.15) is 6.67 Å². The fraction of sp³-hybridized carbons (Fsp3) is 0.727. The average Bonchev–Trinajstić information content (AvgIpc) is 2.87. The van der Waals surface area contributed by atoms with Crippen molar-refractivity contribution in [1.82, 2.24) is 14.7 Å². The summed E-state index contributed by atoms with van der Waals surface area (Å²) in [6.45, 7) is 1.10. The van der Waals surface area contributed by atoms with E-state index in [1.54, 1.807) is 17.1 Å². The highest BCUT2D eigenvalue weighted by Gasteiger charge is 2.30. The monoisotopic (exact) mass is 243 g/mol. The molecule has 0 aliphatic carbocycles. The number of alkyl halides is 1. The number of nitrogens with zero attached hydrogens (tertiary/aromatic N) is 3. The largest absolute Gasteiger partial charge is 0.395 e. The van der Waals surface area contributed by atoms with Gasteiger partial charge in [0.05, 0.1) is 25.5 Å². The van der Waals surface area contributed by atoms with Crippen LogP contribution in [-0.4, -0.2) is 56.9 Å². The van der Waals surface area contributed by atoms with Gasteiger partial charge in [-0.3, -0.25) is 9.58 Å². The predicted octanol–water partition coefficient (Wildman–Crippen LogP) is -0.220. The molecule has 0 unspecified atom stereocenters. The van der Waals surface area contributed by atoms with Gasteiger partial charge >= 0.3 is 0 Å². The molecule has 1 saturated heterocycles. The van der Waals surface area contributed by atoms with Crippen molar-refractivity contribution < 1.29 is 14.6 Å². The van der Waals surface area contributed by atoms with E-state index in [-0.39, 0.29) is 25.3 Å². The van der Waals surface area contributed by atoms with Crippen molar-refractivity contribution in [2.45, 2.75) is 31.7 Å². The Hall–Kier alpha value is -0.980. The normalized spacial score (nSPS) is 25.6. The van der Waals surface area contributed by atoms with Crippen LogP contribution in [0.1, 0.15) is 12.0 Å². The van der Waals surface area contributed by atoms with E-state index in [1.807, 2.05) is 4.90 Å². The third-order valence-corrected chi connectivity index (χ3v) is 3.10. The Labute approximate surface area is 99.5 Å². The van der Waals surface area contributed by atoms with Crippen molar-refractivity contribution in [2.75, 3.05) is 19.8 Å². The lowest BCUT2D eigenvalue weighted by Crippen LogP contribution is -2.31. The molecule has 1 aliphatic rings. The first kappa shape index (κ1) is 12.5. The molecule has 1 aliphatic heterocycles. The number of rotatable bonds is 5. The second-order valence-electron chi connectivity index (χ2n) is 4.46. The maximum Gasteiger partial charge on any atom is 0.109 e. The minimum atomic E-state index is -0.428. The van der Waals surface area contributed by atoms with E-state index in [9.17, 15) is 14.6 Å². The van der Waals surface area contributed by atoms with Crippen molar-refractivity contribution in [1.29, 1.82) is 0 Å². The Kier molecular flexibility index (Phi) is 4.09. The first-order valence-electron chi connectivity index (χ1n) is 5.83. The Balaban J connectivity index is 1.94. The van der Waals surface area contributed by atoms with Gasteiger partial charge < -0.3 is 10.2 Å². The highest BCUT2D eigenvalue weighted by Crippen LogP contribution is 2.19. The van der Waals surface area contributed by atoms with Crippen LogP contribution in [0.3, 0.4) is 0 Å². The number of β-amino-alcohol motifs (C(OH)–C–C–N with tert-alkyl or cyclic N) is 1. The first-order valence-corrected chi connectivity index (χ1v) is 5.83. The van der Waals surface area contributed by atoms with Crippen molar-refractivity contribution >= 4 is 0 Å². The fourth-order valence-electron chi connectivity index (χ4n) is 2.27. The Morgan fingerprint density at radius 1 is 1.53 bits per heavy atom. The third-order valence-electron chi connectivity index (χ3n) is 3.10. The second kappa shape index (κ2) is 5.57. The van der Waals surface area contributed by atoms with Gasteiger partial charge in [-0.1, -0.05) is 0 Å². The minimum absolute atomic E-state index is 0.00882. The quantitative estimate of drug-likeness (QED) is 0.750. The average molecular weight is 243 g/mol. The molecule has 96 valence electrons. The van der Waals surface area contributed by atoms with Crippen molar-refractivity contribution in [3.8, 4) is 0 Å². The number of hydrogen-bond donors (Lipinski definition) is 2. The molecule has 2 heterocycles. The van der Waals surface area contributed by atoms with Crippen LogP contribution in [0.25, 0.3) is 0 Å². The number of hydrogen-bond acceptors (Lipinski definition) is 4. The smallest absolute Gasteiger partial charge is 0.109 e. The molecule has 0 saturated carbocycles. The van der Waals surface area contributed by atoms with Gasteiger partial charge in [0.15, 0.2) is 0 Å². The van der Waals surface area contributed by atoms with E-state index in [0.717, 1.165) is 5.56 Å². The van der Waals surface area contributed by atoms with Crippen LogP contribution in [0.2, 0.25) is 0 Å². The van der Waals surface area contributed by atoms with Crippen molar-refractivity contribution in [2.24, 2.45) is 0 Å². The number of aliphatic hydroxyl groups excluding tert-OH is 2. The van der Waals surface area contributed by atoms with Crippen LogP contribution in [0.4, 0.5) is 4.39 Å². The van der Waals surface area contributed by atoms with E-state index in [4.69, 9.17) is 0 Å². The summed E-state index contributed by atoms with van der Waals surface area (Å²) < 4.78 is 13.7. The van der Waals surface area contributed by atoms with E-state index < -0.39 is 6.67 Å². The molecule has 2 N–H and O–H groups in total. The zero-order valence-electron chi connectivity index (χ0n) is 9.67. The van der Waals surface area contributed by atoms with Crippen LogP contribution in [0.15, 0.2) is 12.4 Å². The number of aromatic nitrogens is 2. The van der Waals surface area contributed by atoms with E-state index in [0.29, 0.717) is 19.5 Å². The first-order chi connectivity index (χ1) is 8.22. The van der Waals surface area contributed by atoms with Gasteiger partial charge in [0, 0.05) is 30.9 Å². The summed E-state index contributed by atoms with van der Waals surface area (Å²) in [7, 11) is 0. The number of likely N-dealkylation sites (tertiary alicyclic amines) is 1. The Morgan fingerprint density at radius 2 is 2.35 bits per heavy atom. The molecule has 0 radical (unpaired) electrons. The van der Waals surface area contributed by atoms with E-state index >= 15 is 0 Å². The maximum atomic E-state index is 12.1. The Bertz CT molecular complexity index is 358. The molecule has 0 spiro atoms. The maximum absolute atomic E-state index is 12.1. The molecule has 1 aromatic rings. The van der Waals surface area contributed by atoms with E-state index in [1.165, 1.54) is 0 Å². The number of aliphatic hydroxyl groups is 2. The van der Waals surface area contributed by atoms with Gasteiger partial charge in [-0.15, -0.1) is 0 Å². The lowest BCUT2D eigenvalue weighted by Gasteiger charge is -2.21. The number of halogens is 1. The standard InChI is InChI=1S/C11H18FN3O2/c12-1-2-15-6-9(4-13-15)5-14-7-11(17)3-10(14)8-16/h4,6,10-11,16-17H,1-3,5,7-8H2/t10-,11+/m0/s1. The van der Waals surface area contributed by atoms with Gasteiger partial charge in [0.25, 0.3) is 0 Å². The summed E-state index contributed by atoms with van der Waals surface area (Å²) in [6, 6.07) is 0.00882. The minimum Gasteiger partial charge on any atom is -0.395 e. The molecular weight excluding hydrogens is 225 g/mol. The van der Waals surface area contributed by atoms with Crippen LogP contribution in [-0.2, 0) is 13.1 Å². The Morgan fingerprint density at radius 3 is 3.06 bits per heavy atom. The van der Waals surface area contributed by atoms with Crippen LogP contribution >= 0.6 is 0 Å². The van der Waals surface area contributed by atoms with Gasteiger partial charge in [-0.05, 0) is 6.42 Å². The van der Waals surface area contributed by atoms with Crippen LogP contribution < -0.4 is 0 Å². The molecule has 5 nitrogen and oxygen atoms in total. The molecule has 6 heteroatoms. The molecular formula is C11H18FN3O2. The van der Waals surface area contributed by atoms with Crippen LogP contribution in [0, 0.1) is 0 Å².